The summed E-state index contributed by atoms with van der Waals surface area (Å²) in [6.07, 6.45) is -5.70. The minimum Gasteiger partial charge on any atom is -0.286 e. The zero-order valence-electron chi connectivity index (χ0n) is 4.54. The molecule has 0 aromatic rings. The fourth-order valence-electron chi connectivity index (χ4n) is 0.164. The van der Waals surface area contributed by atoms with E-state index in [1.165, 1.54) is 0 Å². The zero-order chi connectivity index (χ0) is 8.58. The van der Waals surface area contributed by atoms with E-state index in [2.05, 4.69) is 11.1 Å². The molecule has 0 atom stereocenters. The Morgan fingerprint density at radius 1 is 1.10 bits per heavy atom. The van der Waals surface area contributed by atoms with Crippen LogP contribution in [0, 0.1) is 0 Å². The number of rotatable bonds is 1. The maximum Gasteiger partial charge on any atom is 0.466 e. The first-order valence-electron chi connectivity index (χ1n) is 2.02. The van der Waals surface area contributed by atoms with Crippen molar-refractivity contribution in [2.24, 2.45) is 5.73 Å². The molecule has 0 heterocycles. The molecule has 0 unspecified atom stereocenters. The predicted octanol–water partition coefficient (Wildman–Crippen LogP) is -0.700. The van der Waals surface area contributed by atoms with E-state index in [0.29, 0.717) is 0 Å². The molecule has 0 aromatic carbocycles. The van der Waals surface area contributed by atoms with Crippen LogP contribution in [0.25, 0.3) is 0 Å². The van der Waals surface area contributed by atoms with Gasteiger partial charge in [-0.25, -0.2) is 0 Å². The van der Waals surface area contributed by atoms with E-state index in [1.54, 1.807) is 0 Å². The van der Waals surface area contributed by atoms with Crippen LogP contribution in [0.2, 0.25) is 0 Å². The lowest BCUT2D eigenvalue weighted by atomic mass is 10.3. The van der Waals surface area contributed by atoms with Crippen LogP contribution in [0.5, 0.6) is 0 Å². The fourth-order valence-corrected chi connectivity index (χ4v) is 0.164. The van der Waals surface area contributed by atoms with Crippen molar-refractivity contribution in [3.05, 3.63) is 0 Å². The SMILES string of the molecule is NC(=[NH2+])C(F)(F)C(F)(F)F. The third kappa shape index (κ3) is 1.34. The van der Waals surface area contributed by atoms with Crippen LogP contribution in [0.4, 0.5) is 22.0 Å². The minimum absolute atomic E-state index is 1.94. The lowest BCUT2D eigenvalue weighted by Crippen LogP contribution is -2.61. The number of halogens is 5. The Morgan fingerprint density at radius 2 is 1.40 bits per heavy atom. The summed E-state index contributed by atoms with van der Waals surface area (Å²) >= 11 is 0. The Bertz CT molecular complexity index is 147. The lowest BCUT2D eigenvalue weighted by molar-refractivity contribution is -0.268. The summed E-state index contributed by atoms with van der Waals surface area (Å²) in [4.78, 5) is 0. The van der Waals surface area contributed by atoms with Gasteiger partial charge in [-0.2, -0.15) is 22.0 Å². The first-order valence-corrected chi connectivity index (χ1v) is 2.02. The normalized spacial score (nSPS) is 13.3. The smallest absolute Gasteiger partial charge is 0.286 e. The summed E-state index contributed by atoms with van der Waals surface area (Å²) in [5.41, 5.74) is 4.08. The molecule has 0 amide bonds. The first kappa shape index (κ1) is 9.12. The molecule has 0 aliphatic heterocycles. The minimum atomic E-state index is -5.70. The summed E-state index contributed by atoms with van der Waals surface area (Å²) in [5, 5.41) is 4.08. The molecule has 0 aromatic heterocycles. The molecule has 0 aliphatic rings. The molecule has 0 spiro atoms. The van der Waals surface area contributed by atoms with Crippen molar-refractivity contribution in [2.75, 3.05) is 0 Å². The van der Waals surface area contributed by atoms with Crippen molar-refractivity contribution in [3.63, 3.8) is 0 Å². The Balaban J connectivity index is 4.57. The van der Waals surface area contributed by atoms with Crippen LogP contribution >= 0.6 is 0 Å². The van der Waals surface area contributed by atoms with Gasteiger partial charge in [0.2, 0.25) is 0 Å². The summed E-state index contributed by atoms with van der Waals surface area (Å²) in [6, 6.07) is 0. The standard InChI is InChI=1S/C3H3F5N2/c4-2(5,1(9)10)3(6,7)8/h(H3,9,10)/p+1. The van der Waals surface area contributed by atoms with Crippen LogP contribution in [0.3, 0.4) is 0 Å². The molecule has 0 fully saturated rings. The van der Waals surface area contributed by atoms with Gasteiger partial charge in [-0.05, 0) is 0 Å². The van der Waals surface area contributed by atoms with E-state index in [1.807, 2.05) is 0 Å². The molecule has 7 heteroatoms. The van der Waals surface area contributed by atoms with Crippen molar-refractivity contribution in [1.82, 2.24) is 0 Å². The van der Waals surface area contributed by atoms with Crippen LogP contribution in [0.15, 0.2) is 0 Å². The van der Waals surface area contributed by atoms with Crippen LogP contribution in [-0.2, 0) is 0 Å². The average molecular weight is 163 g/mol. The molecule has 0 rings (SSSR count). The maximum atomic E-state index is 11.6. The number of amidine groups is 1. The predicted molar refractivity (Wildman–Crippen MR) is 22.1 cm³/mol. The van der Waals surface area contributed by atoms with Gasteiger partial charge in [-0.1, -0.05) is 0 Å². The summed E-state index contributed by atoms with van der Waals surface area (Å²) in [7, 11) is 0. The van der Waals surface area contributed by atoms with Gasteiger partial charge >= 0.3 is 17.9 Å². The highest BCUT2D eigenvalue weighted by Crippen LogP contribution is 2.34. The van der Waals surface area contributed by atoms with Crippen molar-refractivity contribution in [3.8, 4) is 0 Å². The Labute approximate surface area is 52.3 Å². The summed E-state index contributed by atoms with van der Waals surface area (Å²) < 4.78 is 56.7. The van der Waals surface area contributed by atoms with Gasteiger partial charge in [0.05, 0.1) is 0 Å². The van der Waals surface area contributed by atoms with Gasteiger partial charge in [-0.3, -0.25) is 11.1 Å². The number of nitrogens with two attached hydrogens (primary N) is 2. The van der Waals surface area contributed by atoms with Crippen LogP contribution in [0.1, 0.15) is 0 Å². The molecule has 10 heavy (non-hydrogen) atoms. The molecule has 0 bridgehead atoms. The van der Waals surface area contributed by atoms with E-state index in [0.717, 1.165) is 0 Å². The molecule has 2 nitrogen and oxygen atoms in total. The van der Waals surface area contributed by atoms with E-state index in [-0.39, 0.29) is 0 Å². The molecule has 0 aliphatic carbocycles. The third-order valence-electron chi connectivity index (χ3n) is 0.719. The van der Waals surface area contributed by atoms with Gasteiger partial charge in [0, 0.05) is 0 Å². The number of alkyl halides is 5. The highest BCUT2D eigenvalue weighted by molar-refractivity contribution is 5.82. The van der Waals surface area contributed by atoms with E-state index >= 15 is 0 Å². The van der Waals surface area contributed by atoms with Crippen LogP contribution < -0.4 is 11.1 Å². The van der Waals surface area contributed by atoms with Crippen molar-refractivity contribution in [2.45, 2.75) is 12.1 Å². The highest BCUT2D eigenvalue weighted by atomic mass is 19.4. The van der Waals surface area contributed by atoms with Crippen molar-refractivity contribution in [1.29, 1.82) is 0 Å². The Morgan fingerprint density at radius 3 is 1.40 bits per heavy atom. The highest BCUT2D eigenvalue weighted by Gasteiger charge is 2.63. The van der Waals surface area contributed by atoms with Crippen molar-refractivity contribution < 1.29 is 27.4 Å². The molecular formula is C3H4F5N2+. The molecule has 0 saturated carbocycles. The van der Waals surface area contributed by atoms with Gasteiger partial charge in [0.25, 0.3) is 0 Å². The molecule has 0 radical (unpaired) electrons. The topological polar surface area (TPSA) is 51.6 Å². The van der Waals surface area contributed by atoms with Gasteiger partial charge in [0.15, 0.2) is 0 Å². The Kier molecular flexibility index (Phi) is 1.88. The molecular weight excluding hydrogens is 159 g/mol. The number of hydrogen-bond acceptors (Lipinski definition) is 0. The molecule has 60 valence electrons. The van der Waals surface area contributed by atoms with Gasteiger partial charge in [0.1, 0.15) is 0 Å². The Hall–Kier alpha value is -0.880. The van der Waals surface area contributed by atoms with Crippen molar-refractivity contribution >= 4 is 5.84 Å². The third-order valence-corrected chi connectivity index (χ3v) is 0.719. The van der Waals surface area contributed by atoms with E-state index in [9.17, 15) is 22.0 Å². The molecule has 0 saturated heterocycles. The van der Waals surface area contributed by atoms with E-state index < -0.39 is 17.9 Å². The second-order valence-corrected chi connectivity index (χ2v) is 1.53. The molecule has 4 N–H and O–H groups in total. The zero-order valence-corrected chi connectivity index (χ0v) is 4.54. The van der Waals surface area contributed by atoms with Gasteiger partial charge < -0.3 is 0 Å². The second kappa shape index (κ2) is 2.06. The second-order valence-electron chi connectivity index (χ2n) is 1.53. The first-order chi connectivity index (χ1) is 4.19. The largest absolute Gasteiger partial charge is 0.466 e. The van der Waals surface area contributed by atoms with E-state index in [4.69, 9.17) is 0 Å². The van der Waals surface area contributed by atoms with Gasteiger partial charge in [-0.15, -0.1) is 0 Å². The summed E-state index contributed by atoms with van der Waals surface area (Å²) in [6.45, 7) is 0. The summed E-state index contributed by atoms with van der Waals surface area (Å²) in [5.74, 6) is -7.03. The monoisotopic (exact) mass is 163 g/mol. The maximum absolute atomic E-state index is 11.6. The quantitative estimate of drug-likeness (QED) is 0.300. The lowest BCUT2D eigenvalue weighted by Gasteiger charge is -2.13. The van der Waals surface area contributed by atoms with Crippen LogP contribution in [-0.4, -0.2) is 17.9 Å². The number of hydrogen-bond donors (Lipinski definition) is 2. The average Bonchev–Trinajstić information content (AvgIpc) is 1.62. The fraction of sp³-hybridized carbons (Fsp3) is 0.667.